The van der Waals surface area contributed by atoms with Crippen LogP contribution in [0.5, 0.6) is 0 Å². The number of carbonyl (C=O) groups is 2. The molecule has 1 saturated heterocycles. The summed E-state index contributed by atoms with van der Waals surface area (Å²) >= 11 is 0. The lowest BCUT2D eigenvalue weighted by molar-refractivity contribution is -0.157. The van der Waals surface area contributed by atoms with E-state index < -0.39 is 11.5 Å². The Kier molecular flexibility index (Phi) is 5.06. The maximum atomic E-state index is 12.0. The maximum absolute atomic E-state index is 12.0. The average Bonchev–Trinajstić information content (AvgIpc) is 2.50. The van der Waals surface area contributed by atoms with E-state index in [1.165, 1.54) is 4.90 Å². The van der Waals surface area contributed by atoms with Crippen LogP contribution in [0.1, 0.15) is 32.4 Å². The van der Waals surface area contributed by atoms with E-state index in [1.807, 2.05) is 32.9 Å². The van der Waals surface area contributed by atoms with Crippen molar-refractivity contribution in [3.63, 3.8) is 0 Å². The summed E-state index contributed by atoms with van der Waals surface area (Å²) in [5.74, 6) is -0.202. The van der Waals surface area contributed by atoms with Crippen LogP contribution in [-0.2, 0) is 14.3 Å². The van der Waals surface area contributed by atoms with Crippen molar-refractivity contribution in [1.29, 1.82) is 0 Å². The highest BCUT2D eigenvalue weighted by Crippen LogP contribution is 2.29. The van der Waals surface area contributed by atoms with Crippen molar-refractivity contribution < 1.29 is 19.4 Å². The summed E-state index contributed by atoms with van der Waals surface area (Å²) in [7, 11) is 1.66. The molecule has 2 atom stereocenters. The number of nitrogens with one attached hydrogen (secondary N) is 1. The number of morpholine rings is 1. The third kappa shape index (κ3) is 3.89. The van der Waals surface area contributed by atoms with Gasteiger partial charge in [0.1, 0.15) is 12.7 Å². The zero-order chi connectivity index (χ0) is 17.2. The zero-order valence-corrected chi connectivity index (χ0v) is 14.0. The van der Waals surface area contributed by atoms with Gasteiger partial charge >= 0.3 is 0 Å². The number of likely N-dealkylation sites (N-methyl/N-ethyl adjacent to an activating group) is 1. The first kappa shape index (κ1) is 17.4. The molecule has 0 aliphatic carbocycles. The molecule has 1 fully saturated rings. The van der Waals surface area contributed by atoms with Gasteiger partial charge in [-0.05, 0) is 17.7 Å². The Morgan fingerprint density at radius 1 is 1.35 bits per heavy atom. The second-order valence-corrected chi connectivity index (χ2v) is 6.81. The molecule has 2 N–H and O–H groups in total. The van der Waals surface area contributed by atoms with Crippen molar-refractivity contribution >= 4 is 17.5 Å². The second kappa shape index (κ2) is 6.68. The van der Waals surface area contributed by atoms with Gasteiger partial charge in [-0.25, -0.2) is 0 Å². The smallest absolute Gasteiger partial charge is 0.248 e. The monoisotopic (exact) mass is 320 g/mol. The summed E-state index contributed by atoms with van der Waals surface area (Å²) in [6, 6.07) is 6.87. The summed E-state index contributed by atoms with van der Waals surface area (Å²) in [6.45, 7) is 5.39. The number of aliphatic hydroxyl groups is 1. The number of hydrogen-bond donors (Lipinski definition) is 2. The van der Waals surface area contributed by atoms with Crippen LogP contribution in [0.15, 0.2) is 24.3 Å². The van der Waals surface area contributed by atoms with Crippen LogP contribution in [-0.4, -0.2) is 48.1 Å². The predicted octanol–water partition coefficient (Wildman–Crippen LogP) is 1.56. The van der Waals surface area contributed by atoms with E-state index in [0.717, 1.165) is 5.56 Å². The van der Waals surface area contributed by atoms with Crippen LogP contribution in [0, 0.1) is 5.41 Å². The Bertz CT molecular complexity index is 577. The van der Waals surface area contributed by atoms with E-state index in [4.69, 9.17) is 4.74 Å². The quantitative estimate of drug-likeness (QED) is 0.886. The lowest BCUT2D eigenvalue weighted by Gasteiger charge is -2.38. The second-order valence-electron chi connectivity index (χ2n) is 6.81. The predicted molar refractivity (Wildman–Crippen MR) is 86.9 cm³/mol. The molecule has 2 rings (SSSR count). The summed E-state index contributed by atoms with van der Waals surface area (Å²) < 4.78 is 5.59. The van der Waals surface area contributed by atoms with Crippen LogP contribution in [0.4, 0.5) is 5.69 Å². The van der Waals surface area contributed by atoms with Crippen molar-refractivity contribution in [2.45, 2.75) is 32.9 Å². The molecule has 0 bridgehead atoms. The van der Waals surface area contributed by atoms with Gasteiger partial charge in [0.2, 0.25) is 11.8 Å². The fourth-order valence-electron chi connectivity index (χ4n) is 2.37. The maximum Gasteiger partial charge on any atom is 0.248 e. The van der Waals surface area contributed by atoms with E-state index in [-0.39, 0.29) is 31.1 Å². The first-order chi connectivity index (χ1) is 10.7. The molecule has 1 aliphatic rings. The number of ether oxygens (including phenoxy) is 1. The van der Waals surface area contributed by atoms with Crippen molar-refractivity contribution in [1.82, 2.24) is 4.90 Å². The van der Waals surface area contributed by atoms with Gasteiger partial charge in [0.25, 0.3) is 0 Å². The number of amides is 2. The number of hydrogen-bond acceptors (Lipinski definition) is 4. The van der Waals surface area contributed by atoms with E-state index in [9.17, 15) is 14.7 Å². The minimum atomic E-state index is -0.462. The standard InChI is InChI=1S/C17H24N2O4/c1-17(2,3)16(22)18-12-7-5-11(6-8-12)15-13(9-20)19(4)14(21)10-23-15/h5-8,13,15,20H,9-10H2,1-4H3,(H,18,22). The summed E-state index contributed by atoms with van der Waals surface area (Å²) in [6.07, 6.45) is -0.380. The Balaban J connectivity index is 2.13. The van der Waals surface area contributed by atoms with Crippen LogP contribution in [0.3, 0.4) is 0 Å². The molecule has 1 aromatic carbocycles. The largest absolute Gasteiger partial charge is 0.394 e. The molecular weight excluding hydrogens is 296 g/mol. The van der Waals surface area contributed by atoms with Crippen LogP contribution in [0.2, 0.25) is 0 Å². The molecule has 2 amide bonds. The molecule has 2 unspecified atom stereocenters. The molecule has 0 spiro atoms. The minimum Gasteiger partial charge on any atom is -0.394 e. The topological polar surface area (TPSA) is 78.9 Å². The molecule has 0 saturated carbocycles. The molecule has 1 aliphatic heterocycles. The van der Waals surface area contributed by atoms with Crippen molar-refractivity contribution in [3.05, 3.63) is 29.8 Å². The Labute approximate surface area is 136 Å². The Morgan fingerprint density at radius 2 is 1.96 bits per heavy atom. The van der Waals surface area contributed by atoms with Crippen LogP contribution in [0.25, 0.3) is 0 Å². The number of benzene rings is 1. The van der Waals surface area contributed by atoms with Crippen LogP contribution < -0.4 is 5.32 Å². The molecule has 1 aromatic rings. The average molecular weight is 320 g/mol. The zero-order valence-electron chi connectivity index (χ0n) is 14.0. The summed E-state index contributed by atoms with van der Waals surface area (Å²) in [4.78, 5) is 25.2. The minimum absolute atomic E-state index is 0.000177. The number of carbonyl (C=O) groups excluding carboxylic acids is 2. The van der Waals surface area contributed by atoms with E-state index >= 15 is 0 Å². The van der Waals surface area contributed by atoms with Gasteiger partial charge in [0.15, 0.2) is 0 Å². The molecule has 1 heterocycles. The highest BCUT2D eigenvalue weighted by Gasteiger charge is 2.34. The summed E-state index contributed by atoms with van der Waals surface area (Å²) in [5.41, 5.74) is 1.10. The van der Waals surface area contributed by atoms with Gasteiger partial charge in [-0.1, -0.05) is 32.9 Å². The Morgan fingerprint density at radius 3 is 2.48 bits per heavy atom. The van der Waals surface area contributed by atoms with Gasteiger partial charge in [0.05, 0.1) is 12.6 Å². The van der Waals surface area contributed by atoms with E-state index in [0.29, 0.717) is 5.69 Å². The highest BCUT2D eigenvalue weighted by molar-refractivity contribution is 5.94. The SMILES string of the molecule is CN1C(=O)COC(c2ccc(NC(=O)C(C)(C)C)cc2)C1CO. The normalized spacial score (nSPS) is 22.1. The van der Waals surface area contributed by atoms with E-state index in [2.05, 4.69) is 5.32 Å². The number of aliphatic hydroxyl groups excluding tert-OH is 1. The van der Waals surface area contributed by atoms with E-state index in [1.54, 1.807) is 19.2 Å². The molecule has 126 valence electrons. The van der Waals surface area contributed by atoms with Gasteiger partial charge in [-0.2, -0.15) is 0 Å². The first-order valence-electron chi connectivity index (χ1n) is 7.63. The molecule has 23 heavy (non-hydrogen) atoms. The lowest BCUT2D eigenvalue weighted by Crippen LogP contribution is -2.50. The molecule has 0 aromatic heterocycles. The Hall–Kier alpha value is -1.92. The van der Waals surface area contributed by atoms with Gasteiger partial charge < -0.3 is 20.1 Å². The van der Waals surface area contributed by atoms with Crippen molar-refractivity contribution in [2.75, 3.05) is 25.6 Å². The van der Waals surface area contributed by atoms with Gasteiger partial charge in [-0.3, -0.25) is 9.59 Å². The van der Waals surface area contributed by atoms with Crippen molar-refractivity contribution in [2.24, 2.45) is 5.41 Å². The molecule has 6 nitrogen and oxygen atoms in total. The third-order valence-electron chi connectivity index (χ3n) is 3.99. The fraction of sp³-hybridized carbons (Fsp3) is 0.529. The number of anilines is 1. The highest BCUT2D eigenvalue weighted by atomic mass is 16.5. The lowest BCUT2D eigenvalue weighted by atomic mass is 9.95. The summed E-state index contributed by atoms with van der Waals surface area (Å²) in [5, 5.41) is 12.4. The number of rotatable bonds is 3. The number of nitrogens with zero attached hydrogens (tertiary/aromatic N) is 1. The van der Waals surface area contributed by atoms with Crippen molar-refractivity contribution in [3.8, 4) is 0 Å². The molecular formula is C17H24N2O4. The van der Waals surface area contributed by atoms with Gasteiger partial charge in [-0.15, -0.1) is 0 Å². The third-order valence-corrected chi connectivity index (χ3v) is 3.99. The fourth-order valence-corrected chi connectivity index (χ4v) is 2.37. The van der Waals surface area contributed by atoms with Crippen LogP contribution >= 0.6 is 0 Å². The molecule has 0 radical (unpaired) electrons. The molecule has 6 heteroatoms. The van der Waals surface area contributed by atoms with Gasteiger partial charge in [0, 0.05) is 18.2 Å². The first-order valence-corrected chi connectivity index (χ1v) is 7.63.